The zero-order chi connectivity index (χ0) is 14.2. The average Bonchev–Trinajstić information content (AvgIpc) is 2.26. The summed E-state index contributed by atoms with van der Waals surface area (Å²) in [5, 5.41) is 17.6. The highest BCUT2D eigenvalue weighted by Crippen LogP contribution is 2.18. The summed E-state index contributed by atoms with van der Waals surface area (Å²) in [4.78, 5) is 10.2. The molecule has 2 unspecified atom stereocenters. The second kappa shape index (κ2) is 8.38. The van der Waals surface area contributed by atoms with Gasteiger partial charge in [-0.05, 0) is 26.1 Å². The van der Waals surface area contributed by atoms with E-state index in [9.17, 15) is 4.80 Å². The first-order valence-electron chi connectivity index (χ1n) is 6.07. The molecule has 18 heavy (non-hydrogen) atoms. The van der Waals surface area contributed by atoms with Gasteiger partial charge in [0.2, 0.25) is 0 Å². The molecular formula is C10H26O6Si2. The topological polar surface area (TPSA) is 88.4 Å². The van der Waals surface area contributed by atoms with Gasteiger partial charge in [-0.1, -0.05) is 0 Å². The molecule has 6 nitrogen and oxygen atoms in total. The lowest BCUT2D eigenvalue weighted by Crippen LogP contribution is -2.49. The van der Waals surface area contributed by atoms with Gasteiger partial charge < -0.3 is 28.3 Å². The lowest BCUT2D eigenvalue weighted by molar-refractivity contribution is 0.00582. The molecule has 8 heteroatoms. The molecule has 0 heterocycles. The fourth-order valence-electron chi connectivity index (χ4n) is 1.34. The monoisotopic (exact) mass is 298 g/mol. The molecule has 110 valence electrons. The van der Waals surface area contributed by atoms with E-state index in [0.29, 0.717) is 19.1 Å². The summed E-state index contributed by atoms with van der Waals surface area (Å²) in [7, 11) is -3.45. The van der Waals surface area contributed by atoms with E-state index in [1.54, 1.807) is 0 Å². The molecule has 0 aliphatic heterocycles. The Morgan fingerprint density at radius 3 is 2.28 bits per heavy atom. The Morgan fingerprint density at radius 2 is 1.83 bits per heavy atom. The van der Waals surface area contributed by atoms with Crippen molar-refractivity contribution in [2.45, 2.75) is 38.2 Å². The van der Waals surface area contributed by atoms with Crippen molar-refractivity contribution in [2.75, 3.05) is 26.9 Å². The average molecular weight is 298 g/mol. The maximum atomic E-state index is 10.2. The molecule has 0 spiro atoms. The van der Waals surface area contributed by atoms with Crippen LogP contribution >= 0.6 is 0 Å². The van der Waals surface area contributed by atoms with E-state index < -0.39 is 23.2 Å². The van der Waals surface area contributed by atoms with Gasteiger partial charge >= 0.3 is 8.80 Å². The van der Waals surface area contributed by atoms with Crippen molar-refractivity contribution < 1.29 is 28.3 Å². The van der Waals surface area contributed by atoms with Gasteiger partial charge in [-0.2, -0.15) is 0 Å². The number of hydrogen-bond acceptors (Lipinski definition) is 6. The Labute approximate surface area is 111 Å². The summed E-state index contributed by atoms with van der Waals surface area (Å²) in [6.07, 6.45) is -0.249. The zero-order valence-corrected chi connectivity index (χ0v) is 13.7. The van der Waals surface area contributed by atoms with E-state index in [1.807, 2.05) is 19.6 Å². The lowest BCUT2D eigenvalue weighted by Gasteiger charge is -2.29. The summed E-state index contributed by atoms with van der Waals surface area (Å²) < 4.78 is 16.0. The van der Waals surface area contributed by atoms with Crippen molar-refractivity contribution in [3.63, 3.8) is 0 Å². The first-order valence-corrected chi connectivity index (χ1v) is 11.4. The van der Waals surface area contributed by atoms with Gasteiger partial charge in [-0.3, -0.25) is 0 Å². The van der Waals surface area contributed by atoms with Crippen molar-refractivity contribution in [1.82, 2.24) is 0 Å². The van der Waals surface area contributed by atoms with Crippen LogP contribution in [0.15, 0.2) is 0 Å². The number of hydrogen-bond donors (Lipinski definition) is 3. The molecule has 0 amide bonds. The van der Waals surface area contributed by atoms with Gasteiger partial charge in [0.05, 0.1) is 13.2 Å². The first-order chi connectivity index (χ1) is 8.22. The number of ether oxygens (including phenoxy) is 1. The van der Waals surface area contributed by atoms with Gasteiger partial charge in [0.25, 0.3) is 0 Å². The van der Waals surface area contributed by atoms with Crippen LogP contribution in [0.1, 0.15) is 6.42 Å². The maximum Gasteiger partial charge on any atom is 0.487 e. The van der Waals surface area contributed by atoms with Crippen molar-refractivity contribution in [2.24, 2.45) is 0 Å². The van der Waals surface area contributed by atoms with Gasteiger partial charge in [0.1, 0.15) is 6.10 Å². The van der Waals surface area contributed by atoms with Gasteiger partial charge in [-0.15, -0.1) is 0 Å². The van der Waals surface area contributed by atoms with Crippen LogP contribution in [0.4, 0.5) is 0 Å². The van der Waals surface area contributed by atoms with Crippen LogP contribution in [0.3, 0.4) is 0 Å². The van der Waals surface area contributed by atoms with Crippen molar-refractivity contribution in [1.29, 1.82) is 0 Å². The van der Waals surface area contributed by atoms with Crippen LogP contribution in [0.5, 0.6) is 0 Å². The Morgan fingerprint density at radius 1 is 1.22 bits per heavy atom. The van der Waals surface area contributed by atoms with E-state index in [-0.39, 0.29) is 13.2 Å². The fraction of sp³-hybridized carbons (Fsp3) is 1.00. The van der Waals surface area contributed by atoms with Gasteiger partial charge in [0, 0.05) is 19.8 Å². The van der Waals surface area contributed by atoms with E-state index in [4.69, 9.17) is 23.5 Å². The second-order valence-electron chi connectivity index (χ2n) is 5.15. The van der Waals surface area contributed by atoms with Crippen LogP contribution in [-0.2, 0) is 13.3 Å². The van der Waals surface area contributed by atoms with Gasteiger partial charge in [-0.25, -0.2) is 0 Å². The molecule has 0 aromatic carbocycles. The van der Waals surface area contributed by atoms with Crippen LogP contribution in [0, 0.1) is 0 Å². The zero-order valence-electron chi connectivity index (χ0n) is 11.7. The molecule has 0 saturated heterocycles. The molecule has 3 N–H and O–H groups in total. The van der Waals surface area contributed by atoms with E-state index in [0.717, 1.165) is 0 Å². The molecule has 0 rings (SSSR count). The van der Waals surface area contributed by atoms with Crippen molar-refractivity contribution in [3.05, 3.63) is 0 Å². The van der Waals surface area contributed by atoms with Crippen LogP contribution in [-0.4, -0.2) is 65.2 Å². The molecular weight excluding hydrogens is 272 g/mol. The van der Waals surface area contributed by atoms with Crippen LogP contribution < -0.4 is 0 Å². The summed E-state index contributed by atoms with van der Waals surface area (Å²) in [5.74, 6) is 0. The summed E-state index contributed by atoms with van der Waals surface area (Å²) in [6, 6.07) is 0.434. The molecule has 0 aliphatic carbocycles. The Kier molecular flexibility index (Phi) is 8.47. The largest absolute Gasteiger partial charge is 0.487 e. The van der Waals surface area contributed by atoms with E-state index >= 15 is 0 Å². The minimum atomic E-state index is -3.07. The van der Waals surface area contributed by atoms with E-state index in [1.165, 1.54) is 7.11 Å². The molecule has 0 radical (unpaired) electrons. The minimum Gasteiger partial charge on any atom is -0.416 e. The molecule has 0 aliphatic rings. The predicted octanol–water partition coefficient (Wildman–Crippen LogP) is 0.175. The van der Waals surface area contributed by atoms with Crippen molar-refractivity contribution in [3.8, 4) is 0 Å². The SMILES string of the molecule is CO[Si](O)(CCCOCC(O)CO)O[Si](C)(C)C. The van der Waals surface area contributed by atoms with Crippen LogP contribution in [0.2, 0.25) is 25.7 Å². The maximum absolute atomic E-state index is 10.2. The van der Waals surface area contributed by atoms with Crippen LogP contribution in [0.25, 0.3) is 0 Å². The number of rotatable bonds is 10. The summed E-state index contributed by atoms with van der Waals surface area (Å²) in [6.45, 7) is 6.17. The third-order valence-electron chi connectivity index (χ3n) is 2.09. The third-order valence-corrected chi connectivity index (χ3v) is 7.44. The molecule has 0 aromatic heterocycles. The highest BCUT2D eigenvalue weighted by atomic mass is 28.5. The Bertz CT molecular complexity index is 223. The standard InChI is InChI=1S/C10H26O6Si2/c1-14-18(13,16-17(2,3)4)7-5-6-15-9-10(12)8-11/h10-13H,5-9H2,1-4H3. The molecule has 0 saturated carbocycles. The highest BCUT2D eigenvalue weighted by molar-refractivity contribution is 6.79. The lowest BCUT2D eigenvalue weighted by atomic mass is 10.4. The molecule has 2 atom stereocenters. The third kappa shape index (κ3) is 9.17. The van der Waals surface area contributed by atoms with E-state index in [2.05, 4.69) is 0 Å². The summed E-state index contributed by atoms with van der Waals surface area (Å²) >= 11 is 0. The second-order valence-corrected chi connectivity index (χ2v) is 12.5. The predicted molar refractivity (Wildman–Crippen MR) is 72.7 cm³/mol. The first kappa shape index (κ1) is 18.2. The smallest absolute Gasteiger partial charge is 0.416 e. The number of aliphatic hydroxyl groups is 2. The van der Waals surface area contributed by atoms with Gasteiger partial charge in [0.15, 0.2) is 8.32 Å². The normalized spacial score (nSPS) is 17.5. The molecule has 0 aromatic rings. The Hall–Kier alpha value is 0.194. The minimum absolute atomic E-state index is 0.0956. The Balaban J connectivity index is 3.86. The number of aliphatic hydroxyl groups excluding tert-OH is 2. The molecule has 0 fully saturated rings. The van der Waals surface area contributed by atoms with Crippen molar-refractivity contribution >= 4 is 17.1 Å². The summed E-state index contributed by atoms with van der Waals surface area (Å²) in [5.41, 5.74) is 0. The molecule has 0 bridgehead atoms. The quantitative estimate of drug-likeness (QED) is 0.394. The fourth-order valence-corrected chi connectivity index (χ4v) is 6.71. The highest BCUT2D eigenvalue weighted by Gasteiger charge is 2.39.